The molecule has 0 radical (unpaired) electrons. The van der Waals surface area contributed by atoms with Crippen LogP contribution in [-0.2, 0) is 6.61 Å². The number of carbonyl (C=O) groups excluding carboxylic acids is 1. The quantitative estimate of drug-likeness (QED) is 0.862. The minimum Gasteiger partial charge on any atom is -0.488 e. The van der Waals surface area contributed by atoms with Gasteiger partial charge in [0.25, 0.3) is 5.91 Å². The van der Waals surface area contributed by atoms with E-state index in [1.165, 1.54) is 0 Å². The number of aliphatic hydroxyl groups is 1. The third-order valence-electron chi connectivity index (χ3n) is 2.84. The Hall–Kier alpha value is -2.04. The monoisotopic (exact) mass is 305 g/mol. The molecule has 0 unspecified atom stereocenters. The molecule has 2 aromatic rings. The Morgan fingerprint density at radius 3 is 2.57 bits per heavy atom. The van der Waals surface area contributed by atoms with E-state index in [2.05, 4.69) is 5.32 Å². The van der Waals surface area contributed by atoms with Crippen molar-refractivity contribution in [3.8, 4) is 5.75 Å². The normalized spacial score (nSPS) is 10.2. The van der Waals surface area contributed by atoms with Crippen molar-refractivity contribution < 1.29 is 14.6 Å². The first-order valence-electron chi connectivity index (χ1n) is 6.56. The van der Waals surface area contributed by atoms with Crippen molar-refractivity contribution >= 4 is 17.5 Å². The molecule has 0 spiro atoms. The summed E-state index contributed by atoms with van der Waals surface area (Å²) in [6.45, 7) is 0.464. The Morgan fingerprint density at radius 2 is 1.86 bits per heavy atom. The minimum atomic E-state index is -0.268. The molecule has 0 aliphatic carbocycles. The molecule has 2 aromatic carbocycles. The molecule has 0 aromatic heterocycles. The van der Waals surface area contributed by atoms with Gasteiger partial charge < -0.3 is 15.2 Å². The molecular formula is C16H16ClNO3. The number of nitrogens with one attached hydrogen (secondary N) is 1. The van der Waals surface area contributed by atoms with Crippen LogP contribution in [0.5, 0.6) is 5.75 Å². The van der Waals surface area contributed by atoms with Gasteiger partial charge in [0.05, 0.1) is 12.2 Å². The zero-order valence-electron chi connectivity index (χ0n) is 11.4. The SMILES string of the molecule is O=C(NCCO)c1ccccc1OCc1ccc(Cl)cc1. The van der Waals surface area contributed by atoms with Crippen LogP contribution in [0.1, 0.15) is 15.9 Å². The van der Waals surface area contributed by atoms with Gasteiger partial charge in [-0.2, -0.15) is 0 Å². The lowest BCUT2D eigenvalue weighted by atomic mass is 10.2. The lowest BCUT2D eigenvalue weighted by molar-refractivity contribution is 0.0940. The second kappa shape index (κ2) is 7.67. The summed E-state index contributed by atoms with van der Waals surface area (Å²) in [7, 11) is 0. The van der Waals surface area contributed by atoms with Gasteiger partial charge in [-0.05, 0) is 29.8 Å². The van der Waals surface area contributed by atoms with Crippen LogP contribution in [0.25, 0.3) is 0 Å². The largest absolute Gasteiger partial charge is 0.488 e. The van der Waals surface area contributed by atoms with Crippen molar-refractivity contribution in [3.63, 3.8) is 0 Å². The predicted octanol–water partition coefficient (Wildman–Crippen LogP) is 2.64. The Morgan fingerprint density at radius 1 is 1.14 bits per heavy atom. The number of carbonyl (C=O) groups is 1. The Balaban J connectivity index is 2.06. The highest BCUT2D eigenvalue weighted by molar-refractivity contribution is 6.30. The van der Waals surface area contributed by atoms with Gasteiger partial charge in [-0.1, -0.05) is 35.9 Å². The first kappa shape index (κ1) is 15.4. The van der Waals surface area contributed by atoms with Crippen molar-refractivity contribution in [1.82, 2.24) is 5.32 Å². The van der Waals surface area contributed by atoms with Crippen LogP contribution in [0.4, 0.5) is 0 Å². The summed E-state index contributed by atoms with van der Waals surface area (Å²) in [5.41, 5.74) is 1.41. The summed E-state index contributed by atoms with van der Waals surface area (Å²) in [5.74, 6) is 0.235. The second-order valence-corrected chi connectivity index (χ2v) is 4.83. The molecule has 0 aliphatic heterocycles. The number of aliphatic hydroxyl groups excluding tert-OH is 1. The minimum absolute atomic E-state index is 0.0977. The fraction of sp³-hybridized carbons (Fsp3) is 0.188. The van der Waals surface area contributed by atoms with E-state index in [1.54, 1.807) is 36.4 Å². The zero-order chi connectivity index (χ0) is 15.1. The van der Waals surface area contributed by atoms with Gasteiger partial charge in [0, 0.05) is 11.6 Å². The molecule has 0 atom stereocenters. The summed E-state index contributed by atoms with van der Waals surface area (Å²) in [6, 6.07) is 14.3. The fourth-order valence-corrected chi connectivity index (χ4v) is 1.91. The van der Waals surface area contributed by atoms with E-state index < -0.39 is 0 Å². The van der Waals surface area contributed by atoms with Crippen LogP contribution in [0, 0.1) is 0 Å². The van der Waals surface area contributed by atoms with Crippen molar-refractivity contribution in [1.29, 1.82) is 0 Å². The molecule has 0 bridgehead atoms. The van der Waals surface area contributed by atoms with E-state index in [4.69, 9.17) is 21.4 Å². The Labute approximate surface area is 128 Å². The van der Waals surface area contributed by atoms with Crippen LogP contribution in [0.2, 0.25) is 5.02 Å². The first-order chi connectivity index (χ1) is 10.2. The van der Waals surface area contributed by atoms with Gasteiger partial charge in [-0.3, -0.25) is 4.79 Å². The molecule has 21 heavy (non-hydrogen) atoms. The maximum atomic E-state index is 12.0. The third kappa shape index (κ3) is 4.48. The first-order valence-corrected chi connectivity index (χ1v) is 6.94. The van der Waals surface area contributed by atoms with E-state index in [0.717, 1.165) is 5.56 Å². The maximum absolute atomic E-state index is 12.0. The molecule has 1 amide bonds. The highest BCUT2D eigenvalue weighted by Gasteiger charge is 2.11. The molecule has 0 fully saturated rings. The molecule has 4 nitrogen and oxygen atoms in total. The van der Waals surface area contributed by atoms with Gasteiger partial charge in [-0.15, -0.1) is 0 Å². The van der Waals surface area contributed by atoms with Crippen molar-refractivity contribution in [2.24, 2.45) is 0 Å². The molecule has 0 aliphatic rings. The number of rotatable bonds is 6. The van der Waals surface area contributed by atoms with E-state index in [1.807, 2.05) is 12.1 Å². The average molecular weight is 306 g/mol. The predicted molar refractivity (Wildman–Crippen MR) is 81.6 cm³/mol. The molecule has 0 saturated carbocycles. The summed E-state index contributed by atoms with van der Waals surface area (Å²) in [6.07, 6.45) is 0. The molecule has 0 heterocycles. The maximum Gasteiger partial charge on any atom is 0.255 e. The van der Waals surface area contributed by atoms with Gasteiger partial charge in [-0.25, -0.2) is 0 Å². The van der Waals surface area contributed by atoms with Crippen LogP contribution in [0.15, 0.2) is 48.5 Å². The standard InChI is InChI=1S/C16H16ClNO3/c17-13-7-5-12(6-8-13)11-21-15-4-2-1-3-14(15)16(20)18-9-10-19/h1-8,19H,9-11H2,(H,18,20). The number of benzene rings is 2. The highest BCUT2D eigenvalue weighted by Crippen LogP contribution is 2.19. The van der Waals surface area contributed by atoms with E-state index >= 15 is 0 Å². The molecular weight excluding hydrogens is 290 g/mol. The van der Waals surface area contributed by atoms with Gasteiger partial charge in [0.1, 0.15) is 12.4 Å². The zero-order valence-corrected chi connectivity index (χ0v) is 12.1. The topological polar surface area (TPSA) is 58.6 Å². The molecule has 2 rings (SSSR count). The van der Waals surface area contributed by atoms with Crippen molar-refractivity contribution in [3.05, 3.63) is 64.7 Å². The van der Waals surface area contributed by atoms with Crippen molar-refractivity contribution in [2.45, 2.75) is 6.61 Å². The van der Waals surface area contributed by atoms with Crippen LogP contribution in [-0.4, -0.2) is 24.2 Å². The van der Waals surface area contributed by atoms with E-state index in [9.17, 15) is 4.79 Å². The molecule has 110 valence electrons. The number of amides is 1. The molecule has 5 heteroatoms. The highest BCUT2D eigenvalue weighted by atomic mass is 35.5. The van der Waals surface area contributed by atoms with Crippen LogP contribution >= 0.6 is 11.6 Å². The summed E-state index contributed by atoms with van der Waals surface area (Å²) >= 11 is 5.83. The summed E-state index contributed by atoms with van der Waals surface area (Å²) < 4.78 is 5.70. The lowest BCUT2D eigenvalue weighted by Crippen LogP contribution is -2.26. The number of hydrogen-bond donors (Lipinski definition) is 2. The van der Waals surface area contributed by atoms with Crippen LogP contribution in [0.3, 0.4) is 0 Å². The molecule has 0 saturated heterocycles. The van der Waals surface area contributed by atoms with Crippen molar-refractivity contribution in [2.75, 3.05) is 13.2 Å². The lowest BCUT2D eigenvalue weighted by Gasteiger charge is -2.11. The molecule has 2 N–H and O–H groups in total. The van der Waals surface area contributed by atoms with Crippen LogP contribution < -0.4 is 10.1 Å². The number of para-hydroxylation sites is 1. The van der Waals surface area contributed by atoms with Gasteiger partial charge >= 0.3 is 0 Å². The van der Waals surface area contributed by atoms with E-state index in [-0.39, 0.29) is 19.1 Å². The fourth-order valence-electron chi connectivity index (χ4n) is 1.79. The summed E-state index contributed by atoms with van der Waals surface area (Å²) in [4.78, 5) is 12.0. The Kier molecular flexibility index (Phi) is 5.60. The Bertz CT molecular complexity index is 599. The summed E-state index contributed by atoms with van der Waals surface area (Å²) in [5, 5.41) is 12.0. The van der Waals surface area contributed by atoms with Gasteiger partial charge in [0.15, 0.2) is 0 Å². The number of halogens is 1. The number of hydrogen-bond acceptors (Lipinski definition) is 3. The average Bonchev–Trinajstić information content (AvgIpc) is 2.52. The van der Waals surface area contributed by atoms with Gasteiger partial charge in [0.2, 0.25) is 0 Å². The third-order valence-corrected chi connectivity index (χ3v) is 3.09. The smallest absolute Gasteiger partial charge is 0.255 e. The second-order valence-electron chi connectivity index (χ2n) is 4.39. The number of ether oxygens (including phenoxy) is 1. The van der Waals surface area contributed by atoms with E-state index in [0.29, 0.717) is 22.9 Å².